The highest BCUT2D eigenvalue weighted by atomic mass is 32.2. The van der Waals surface area contributed by atoms with Crippen LogP contribution in [0.4, 0.5) is 0 Å². The first kappa shape index (κ1) is 9.76. The number of hydrogen-bond acceptors (Lipinski definition) is 2. The summed E-state index contributed by atoms with van der Waals surface area (Å²) in [7, 11) is 1.65. The second-order valence-corrected chi connectivity index (χ2v) is 3.24. The predicted molar refractivity (Wildman–Crippen MR) is 56.8 cm³/mol. The Morgan fingerprint density at radius 1 is 1.38 bits per heavy atom. The van der Waals surface area contributed by atoms with Crippen LogP contribution in [0.5, 0.6) is 5.75 Å². The number of benzene rings is 1. The van der Waals surface area contributed by atoms with E-state index in [9.17, 15) is 0 Å². The molecule has 0 aliphatic rings. The van der Waals surface area contributed by atoms with Crippen molar-refractivity contribution >= 4 is 11.8 Å². The zero-order chi connectivity index (χ0) is 9.52. The minimum absolute atomic E-state index is 0.866. The van der Waals surface area contributed by atoms with Gasteiger partial charge in [0.2, 0.25) is 0 Å². The van der Waals surface area contributed by atoms with Crippen LogP contribution in [0.1, 0.15) is 0 Å². The summed E-state index contributed by atoms with van der Waals surface area (Å²) in [4.78, 5) is 1.15. The van der Waals surface area contributed by atoms with E-state index in [2.05, 4.69) is 5.92 Å². The first-order chi connectivity index (χ1) is 6.36. The molecule has 1 aromatic carbocycles. The second kappa shape index (κ2) is 5.34. The summed E-state index contributed by atoms with van der Waals surface area (Å²) in [5.74, 6) is 3.30. The summed E-state index contributed by atoms with van der Waals surface area (Å²) < 4.78 is 5.04. The molecule has 0 aliphatic heterocycles. The molecule has 0 saturated heterocycles. The highest BCUT2D eigenvalue weighted by Gasteiger charge is 1.91. The number of methoxy groups -OCH3 is 1. The van der Waals surface area contributed by atoms with Crippen molar-refractivity contribution in [2.24, 2.45) is 0 Å². The predicted octanol–water partition coefficient (Wildman–Crippen LogP) is 2.93. The smallest absolute Gasteiger partial charge is 0.118 e. The van der Waals surface area contributed by atoms with Crippen molar-refractivity contribution in [2.75, 3.05) is 7.11 Å². The van der Waals surface area contributed by atoms with Crippen LogP contribution in [0.2, 0.25) is 0 Å². The maximum absolute atomic E-state index is 5.07. The lowest BCUT2D eigenvalue weighted by Crippen LogP contribution is -1.80. The Morgan fingerprint density at radius 3 is 2.62 bits per heavy atom. The largest absolute Gasteiger partial charge is 0.497 e. The quantitative estimate of drug-likeness (QED) is 0.535. The van der Waals surface area contributed by atoms with Gasteiger partial charge in [0.1, 0.15) is 5.75 Å². The minimum Gasteiger partial charge on any atom is -0.497 e. The van der Waals surface area contributed by atoms with Crippen molar-refractivity contribution in [1.82, 2.24) is 0 Å². The average molecular weight is 190 g/mol. The summed E-state index contributed by atoms with van der Waals surface area (Å²) in [6, 6.07) is 7.83. The van der Waals surface area contributed by atoms with Crippen LogP contribution < -0.4 is 4.74 Å². The van der Waals surface area contributed by atoms with Crippen molar-refractivity contribution in [3.63, 3.8) is 0 Å². The van der Waals surface area contributed by atoms with Gasteiger partial charge < -0.3 is 4.74 Å². The number of thioether (sulfide) groups is 1. The van der Waals surface area contributed by atoms with Gasteiger partial charge in [-0.3, -0.25) is 0 Å². The zero-order valence-electron chi connectivity index (χ0n) is 7.36. The summed E-state index contributed by atoms with van der Waals surface area (Å²) in [6.07, 6.45) is 6.74. The van der Waals surface area contributed by atoms with E-state index in [1.54, 1.807) is 24.9 Å². The Hall–Kier alpha value is -1.33. The van der Waals surface area contributed by atoms with Gasteiger partial charge in [-0.05, 0) is 35.7 Å². The lowest BCUT2D eigenvalue weighted by Gasteiger charge is -1.99. The molecule has 0 atom stereocenters. The summed E-state index contributed by atoms with van der Waals surface area (Å²) in [5.41, 5.74) is 0. The van der Waals surface area contributed by atoms with Gasteiger partial charge in [-0.1, -0.05) is 17.7 Å². The molecular weight excluding hydrogens is 180 g/mol. The van der Waals surface area contributed by atoms with E-state index in [0.29, 0.717) is 0 Å². The van der Waals surface area contributed by atoms with Gasteiger partial charge in [0.05, 0.1) is 7.11 Å². The molecule has 0 aromatic heterocycles. The van der Waals surface area contributed by atoms with Gasteiger partial charge in [0.15, 0.2) is 0 Å². The van der Waals surface area contributed by atoms with Crippen molar-refractivity contribution in [2.45, 2.75) is 4.90 Å². The molecule has 0 N–H and O–H groups in total. The third-order valence-electron chi connectivity index (χ3n) is 1.43. The van der Waals surface area contributed by atoms with Gasteiger partial charge in [-0.15, -0.1) is 6.42 Å². The molecule has 1 aromatic rings. The van der Waals surface area contributed by atoms with Crippen molar-refractivity contribution in [1.29, 1.82) is 0 Å². The van der Waals surface area contributed by atoms with Gasteiger partial charge >= 0.3 is 0 Å². The lowest BCUT2D eigenvalue weighted by molar-refractivity contribution is 0.414. The average Bonchev–Trinajstić information content (AvgIpc) is 2.19. The lowest BCUT2D eigenvalue weighted by atomic mass is 10.3. The van der Waals surface area contributed by atoms with Crippen LogP contribution in [0.15, 0.2) is 40.6 Å². The molecule has 0 radical (unpaired) electrons. The van der Waals surface area contributed by atoms with Gasteiger partial charge in [-0.2, -0.15) is 0 Å². The molecule has 0 aliphatic carbocycles. The third-order valence-corrected chi connectivity index (χ3v) is 2.24. The molecular formula is C11H10OS. The molecule has 0 unspecified atom stereocenters. The van der Waals surface area contributed by atoms with E-state index < -0.39 is 0 Å². The van der Waals surface area contributed by atoms with Crippen LogP contribution >= 0.6 is 11.8 Å². The maximum Gasteiger partial charge on any atom is 0.118 e. The molecule has 2 heteroatoms. The first-order valence-corrected chi connectivity index (χ1v) is 4.66. The van der Waals surface area contributed by atoms with Crippen molar-refractivity contribution < 1.29 is 4.74 Å². The molecule has 1 rings (SSSR count). The molecule has 0 amide bonds. The highest BCUT2D eigenvalue weighted by Crippen LogP contribution is 2.21. The zero-order valence-corrected chi connectivity index (χ0v) is 8.17. The van der Waals surface area contributed by atoms with Crippen molar-refractivity contribution in [3.8, 4) is 18.1 Å². The fourth-order valence-corrected chi connectivity index (χ4v) is 1.40. The molecule has 0 heterocycles. The van der Waals surface area contributed by atoms with E-state index in [1.807, 2.05) is 29.7 Å². The van der Waals surface area contributed by atoms with Crippen LogP contribution in [0.25, 0.3) is 0 Å². The topological polar surface area (TPSA) is 9.23 Å². The van der Waals surface area contributed by atoms with E-state index in [0.717, 1.165) is 10.6 Å². The molecule has 13 heavy (non-hydrogen) atoms. The molecule has 0 spiro atoms. The summed E-state index contributed by atoms with van der Waals surface area (Å²) in [5, 5.41) is 1.88. The fraction of sp³-hybridized carbons (Fsp3) is 0.0909. The number of ether oxygens (including phenoxy) is 1. The fourth-order valence-electron chi connectivity index (χ4n) is 0.806. The van der Waals surface area contributed by atoms with E-state index >= 15 is 0 Å². The summed E-state index contributed by atoms with van der Waals surface area (Å²) in [6.45, 7) is 0. The number of terminal acetylenes is 1. The number of rotatable bonds is 3. The maximum atomic E-state index is 5.07. The van der Waals surface area contributed by atoms with Crippen molar-refractivity contribution in [3.05, 3.63) is 35.7 Å². The van der Waals surface area contributed by atoms with Crippen LogP contribution in [0, 0.1) is 12.3 Å². The van der Waals surface area contributed by atoms with Crippen LogP contribution in [0.3, 0.4) is 0 Å². The van der Waals surface area contributed by atoms with Crippen LogP contribution in [-0.2, 0) is 0 Å². The molecule has 0 saturated carbocycles. The summed E-state index contributed by atoms with van der Waals surface area (Å²) >= 11 is 1.59. The number of hydrogen-bond donors (Lipinski definition) is 0. The Labute approximate surface area is 82.8 Å². The van der Waals surface area contributed by atoms with E-state index in [4.69, 9.17) is 11.2 Å². The van der Waals surface area contributed by atoms with Gasteiger partial charge in [0, 0.05) is 4.90 Å². The molecule has 66 valence electrons. The highest BCUT2D eigenvalue weighted by molar-refractivity contribution is 8.02. The van der Waals surface area contributed by atoms with E-state index in [1.165, 1.54) is 0 Å². The third kappa shape index (κ3) is 3.27. The monoisotopic (exact) mass is 190 g/mol. The van der Waals surface area contributed by atoms with Crippen LogP contribution in [-0.4, -0.2) is 7.11 Å². The first-order valence-electron chi connectivity index (χ1n) is 3.78. The Balaban J connectivity index is 2.60. The molecule has 0 fully saturated rings. The van der Waals surface area contributed by atoms with Gasteiger partial charge in [-0.25, -0.2) is 0 Å². The van der Waals surface area contributed by atoms with E-state index in [-0.39, 0.29) is 0 Å². The molecule has 0 bridgehead atoms. The Morgan fingerprint density at radius 2 is 2.08 bits per heavy atom. The molecule has 1 nitrogen and oxygen atoms in total. The Bertz CT molecular complexity index is 319. The Kier molecular flexibility index (Phi) is 4.01. The normalized spacial score (nSPS) is 9.85. The minimum atomic E-state index is 0.866. The SMILES string of the molecule is C#C/C=C/Sc1ccc(OC)cc1. The number of allylic oxidation sites excluding steroid dienone is 1. The standard InChI is InChI=1S/C11H10OS/c1-3-4-9-13-11-7-5-10(12-2)6-8-11/h1,4-9H,2H3/b9-4+. The van der Waals surface area contributed by atoms with Gasteiger partial charge in [0.25, 0.3) is 0 Å². The second-order valence-electron chi connectivity index (χ2n) is 2.26.